The molecule has 0 aliphatic carbocycles. The van der Waals surface area contributed by atoms with Gasteiger partial charge in [0.2, 0.25) is 5.91 Å². The Kier molecular flexibility index (Phi) is 5.53. The molecule has 0 saturated heterocycles. The molecule has 26 heavy (non-hydrogen) atoms. The van der Waals surface area contributed by atoms with Gasteiger partial charge in [-0.05, 0) is 37.1 Å². The maximum atomic E-state index is 12.0. The van der Waals surface area contributed by atoms with E-state index in [9.17, 15) is 4.79 Å². The smallest absolute Gasteiger partial charge is 0.244 e. The summed E-state index contributed by atoms with van der Waals surface area (Å²) in [7, 11) is 1.77. The second kappa shape index (κ2) is 8.01. The van der Waals surface area contributed by atoms with Crippen LogP contribution in [-0.2, 0) is 18.3 Å². The molecule has 1 amide bonds. The molecule has 0 atom stereocenters. The second-order valence-electron chi connectivity index (χ2n) is 5.92. The Morgan fingerprint density at radius 3 is 2.77 bits per heavy atom. The Hall–Kier alpha value is -2.86. The number of halogens is 1. The summed E-state index contributed by atoms with van der Waals surface area (Å²) in [5, 5.41) is 11.9. The lowest BCUT2D eigenvalue weighted by atomic mass is 10.2. The topological polar surface area (TPSA) is 64.7 Å². The van der Waals surface area contributed by atoms with E-state index >= 15 is 0 Å². The third-order valence-electron chi connectivity index (χ3n) is 3.97. The number of benzene rings is 1. The van der Waals surface area contributed by atoms with Gasteiger partial charge in [-0.1, -0.05) is 29.8 Å². The number of hydrogen-bond donors (Lipinski definition) is 1. The standard InChI is InChI=1S/C19H20ClN5O/c1-14-17(19(20)24(2)23-14)8-9-18(26)21-11-10-15-12-22-25(13-15)16-6-4-3-5-7-16/h3-9,12-13H,10-11H2,1-2H3,(H,21,26)/b9-8+. The number of hydrogen-bond acceptors (Lipinski definition) is 3. The Morgan fingerprint density at radius 1 is 1.31 bits per heavy atom. The molecule has 0 radical (unpaired) electrons. The first-order chi connectivity index (χ1) is 12.5. The minimum atomic E-state index is -0.167. The molecule has 0 saturated carbocycles. The van der Waals surface area contributed by atoms with Gasteiger partial charge in [-0.15, -0.1) is 0 Å². The highest BCUT2D eigenvalue weighted by molar-refractivity contribution is 6.31. The highest BCUT2D eigenvalue weighted by atomic mass is 35.5. The Balaban J connectivity index is 1.51. The molecule has 0 bridgehead atoms. The van der Waals surface area contributed by atoms with Gasteiger partial charge < -0.3 is 5.32 Å². The number of amides is 1. The molecule has 2 heterocycles. The van der Waals surface area contributed by atoms with Crippen molar-refractivity contribution in [3.05, 3.63) is 70.8 Å². The van der Waals surface area contributed by atoms with Gasteiger partial charge in [-0.3, -0.25) is 9.48 Å². The fourth-order valence-electron chi connectivity index (χ4n) is 2.59. The SMILES string of the molecule is Cc1nn(C)c(Cl)c1/C=C/C(=O)NCCc1cnn(-c2ccccc2)c1. The fourth-order valence-corrected chi connectivity index (χ4v) is 2.83. The molecule has 134 valence electrons. The number of aryl methyl sites for hydroxylation is 2. The highest BCUT2D eigenvalue weighted by Gasteiger charge is 2.08. The van der Waals surface area contributed by atoms with Gasteiger partial charge in [-0.25, -0.2) is 4.68 Å². The van der Waals surface area contributed by atoms with E-state index in [1.54, 1.807) is 17.8 Å². The van der Waals surface area contributed by atoms with Crippen LogP contribution in [0.25, 0.3) is 11.8 Å². The summed E-state index contributed by atoms with van der Waals surface area (Å²) >= 11 is 6.14. The molecule has 3 aromatic rings. The van der Waals surface area contributed by atoms with Gasteiger partial charge in [-0.2, -0.15) is 10.2 Å². The van der Waals surface area contributed by atoms with Crippen LogP contribution in [0, 0.1) is 6.92 Å². The van der Waals surface area contributed by atoms with Crippen molar-refractivity contribution in [1.82, 2.24) is 24.9 Å². The number of nitrogens with one attached hydrogen (secondary N) is 1. The van der Waals surface area contributed by atoms with Gasteiger partial charge in [0.1, 0.15) is 5.15 Å². The third kappa shape index (κ3) is 4.21. The van der Waals surface area contributed by atoms with E-state index in [1.165, 1.54) is 6.08 Å². The summed E-state index contributed by atoms with van der Waals surface area (Å²) < 4.78 is 3.41. The van der Waals surface area contributed by atoms with Crippen LogP contribution in [0.15, 0.2) is 48.8 Å². The molecule has 2 aromatic heterocycles. The molecular formula is C19H20ClN5O. The molecule has 0 spiro atoms. The lowest BCUT2D eigenvalue weighted by Gasteiger charge is -2.01. The first-order valence-electron chi connectivity index (χ1n) is 8.28. The summed E-state index contributed by atoms with van der Waals surface area (Å²) in [5.74, 6) is -0.167. The van der Waals surface area contributed by atoms with Crippen molar-refractivity contribution < 1.29 is 4.79 Å². The van der Waals surface area contributed by atoms with Gasteiger partial charge in [0.05, 0.1) is 17.6 Å². The molecule has 0 fully saturated rings. The van der Waals surface area contributed by atoms with Crippen molar-refractivity contribution in [3.63, 3.8) is 0 Å². The van der Waals surface area contributed by atoms with Crippen molar-refractivity contribution >= 4 is 23.6 Å². The van der Waals surface area contributed by atoms with Gasteiger partial charge in [0.25, 0.3) is 0 Å². The summed E-state index contributed by atoms with van der Waals surface area (Å²) in [6.07, 6.45) is 7.65. The van der Waals surface area contributed by atoms with E-state index in [1.807, 2.05) is 54.3 Å². The van der Waals surface area contributed by atoms with E-state index in [4.69, 9.17) is 11.6 Å². The zero-order valence-corrected chi connectivity index (χ0v) is 15.4. The van der Waals surface area contributed by atoms with Gasteiger partial charge in [0, 0.05) is 31.4 Å². The molecule has 7 heteroatoms. The van der Waals surface area contributed by atoms with E-state index in [-0.39, 0.29) is 5.91 Å². The van der Waals surface area contributed by atoms with Crippen LogP contribution in [0.5, 0.6) is 0 Å². The normalized spacial score (nSPS) is 11.2. The molecule has 1 aromatic carbocycles. The summed E-state index contributed by atoms with van der Waals surface area (Å²) in [6, 6.07) is 9.90. The monoisotopic (exact) mass is 369 g/mol. The second-order valence-corrected chi connectivity index (χ2v) is 6.27. The van der Waals surface area contributed by atoms with Gasteiger partial charge in [0.15, 0.2) is 0 Å². The van der Waals surface area contributed by atoms with Crippen molar-refractivity contribution in [2.75, 3.05) is 6.54 Å². The zero-order valence-electron chi connectivity index (χ0n) is 14.7. The number of carbonyl (C=O) groups is 1. The van der Waals surface area contributed by atoms with Crippen LogP contribution in [0.2, 0.25) is 5.15 Å². The lowest BCUT2D eigenvalue weighted by Crippen LogP contribution is -2.23. The van der Waals surface area contributed by atoms with E-state index in [2.05, 4.69) is 15.5 Å². The summed E-state index contributed by atoms with van der Waals surface area (Å²) in [4.78, 5) is 12.0. The summed E-state index contributed by atoms with van der Waals surface area (Å²) in [5.41, 5.74) is 3.61. The van der Waals surface area contributed by atoms with E-state index in [0.717, 1.165) is 22.5 Å². The quantitative estimate of drug-likeness (QED) is 0.679. The molecule has 1 N–H and O–H groups in total. The van der Waals surface area contributed by atoms with Crippen molar-refractivity contribution in [3.8, 4) is 5.69 Å². The third-order valence-corrected chi connectivity index (χ3v) is 4.42. The largest absolute Gasteiger partial charge is 0.352 e. The van der Waals surface area contributed by atoms with Crippen LogP contribution in [0.1, 0.15) is 16.8 Å². The Morgan fingerprint density at radius 2 is 2.08 bits per heavy atom. The van der Waals surface area contributed by atoms with E-state index in [0.29, 0.717) is 18.1 Å². The van der Waals surface area contributed by atoms with Crippen molar-refractivity contribution in [2.24, 2.45) is 7.05 Å². The lowest BCUT2D eigenvalue weighted by molar-refractivity contribution is -0.116. The molecular weight excluding hydrogens is 350 g/mol. The van der Waals surface area contributed by atoms with Crippen LogP contribution in [-0.4, -0.2) is 32.0 Å². The molecule has 0 aliphatic rings. The van der Waals surface area contributed by atoms with Crippen LogP contribution < -0.4 is 5.32 Å². The number of aromatic nitrogens is 4. The predicted octanol–water partition coefficient (Wildman–Crippen LogP) is 2.94. The molecule has 0 aliphatic heterocycles. The van der Waals surface area contributed by atoms with Gasteiger partial charge >= 0.3 is 0 Å². The van der Waals surface area contributed by atoms with Crippen LogP contribution in [0.3, 0.4) is 0 Å². The van der Waals surface area contributed by atoms with E-state index < -0.39 is 0 Å². The minimum Gasteiger partial charge on any atom is -0.352 e. The first-order valence-corrected chi connectivity index (χ1v) is 8.66. The Bertz CT molecular complexity index is 927. The highest BCUT2D eigenvalue weighted by Crippen LogP contribution is 2.19. The van der Waals surface area contributed by atoms with Crippen LogP contribution >= 0.6 is 11.6 Å². The molecule has 3 rings (SSSR count). The average Bonchev–Trinajstić information content (AvgIpc) is 3.20. The summed E-state index contributed by atoms with van der Waals surface area (Å²) in [6.45, 7) is 2.39. The number of para-hydroxylation sites is 1. The van der Waals surface area contributed by atoms with Crippen molar-refractivity contribution in [2.45, 2.75) is 13.3 Å². The average molecular weight is 370 g/mol. The van der Waals surface area contributed by atoms with Crippen molar-refractivity contribution in [1.29, 1.82) is 0 Å². The Labute approximate surface area is 157 Å². The first kappa shape index (κ1) is 17.9. The zero-order chi connectivity index (χ0) is 18.5. The number of nitrogens with zero attached hydrogens (tertiary/aromatic N) is 4. The number of carbonyl (C=O) groups excluding carboxylic acids is 1. The molecule has 0 unspecified atom stereocenters. The maximum absolute atomic E-state index is 12.0. The number of rotatable bonds is 6. The maximum Gasteiger partial charge on any atom is 0.244 e. The fraction of sp³-hybridized carbons (Fsp3) is 0.211. The van der Waals surface area contributed by atoms with Crippen LogP contribution in [0.4, 0.5) is 0 Å². The minimum absolute atomic E-state index is 0.167. The molecule has 6 nitrogen and oxygen atoms in total. The predicted molar refractivity (Wildman–Crippen MR) is 102 cm³/mol.